The predicted molar refractivity (Wildman–Crippen MR) is 48.5 cm³/mol. The van der Waals surface area contributed by atoms with Crippen molar-refractivity contribution in [2.45, 2.75) is 12.8 Å². The van der Waals surface area contributed by atoms with Crippen LogP contribution in [0.15, 0.2) is 18.2 Å². The number of phenolic OH excluding ortho intramolecular Hbond substituents is 1. The van der Waals surface area contributed by atoms with Gasteiger partial charge in [0.2, 0.25) is 0 Å². The van der Waals surface area contributed by atoms with Crippen LogP contribution >= 0.6 is 0 Å². The van der Waals surface area contributed by atoms with Gasteiger partial charge in [-0.25, -0.2) is 0 Å². The lowest BCUT2D eigenvalue weighted by atomic mass is 10.1. The third kappa shape index (κ3) is 2.37. The van der Waals surface area contributed by atoms with Gasteiger partial charge in [-0.15, -0.1) is 0 Å². The fraction of sp³-hybridized carbons (Fsp3) is 0.222. The first-order valence-electron chi connectivity index (χ1n) is 3.89. The van der Waals surface area contributed by atoms with Gasteiger partial charge in [0.1, 0.15) is 5.75 Å². The number of nitrogen functional groups attached to an aromatic ring is 1. The van der Waals surface area contributed by atoms with Crippen LogP contribution in [-0.2, 0) is 11.2 Å². The zero-order valence-electron chi connectivity index (χ0n) is 7.03. The minimum atomic E-state index is -0.887. The van der Waals surface area contributed by atoms with Gasteiger partial charge in [0.25, 0.3) is 0 Å². The predicted octanol–water partition coefficient (Wildman–Crippen LogP) is 0.992. The van der Waals surface area contributed by atoms with Crippen molar-refractivity contribution in [3.05, 3.63) is 23.8 Å². The molecule has 0 aliphatic rings. The number of aryl methyl sites for hydroxylation is 1. The lowest BCUT2D eigenvalue weighted by Crippen LogP contribution is -1.98. The van der Waals surface area contributed by atoms with Crippen molar-refractivity contribution in [1.29, 1.82) is 0 Å². The van der Waals surface area contributed by atoms with Gasteiger partial charge in [-0.2, -0.15) is 0 Å². The smallest absolute Gasteiger partial charge is 0.303 e. The van der Waals surface area contributed by atoms with Crippen LogP contribution in [0.2, 0.25) is 0 Å². The van der Waals surface area contributed by atoms with E-state index in [0.29, 0.717) is 12.0 Å². The molecule has 0 atom stereocenters. The quantitative estimate of drug-likeness (QED) is 0.479. The summed E-state index contributed by atoms with van der Waals surface area (Å²) in [4.78, 5) is 10.3. The molecule has 1 aromatic rings. The second-order valence-electron chi connectivity index (χ2n) is 2.75. The van der Waals surface area contributed by atoms with Crippen LogP contribution in [0.5, 0.6) is 5.75 Å². The molecule has 0 aromatic heterocycles. The van der Waals surface area contributed by atoms with E-state index in [9.17, 15) is 9.90 Å². The number of para-hydroxylation sites is 1. The molecule has 0 aliphatic carbocycles. The van der Waals surface area contributed by atoms with Crippen molar-refractivity contribution in [2.75, 3.05) is 5.73 Å². The SMILES string of the molecule is Nc1cccc(CCC(=O)O)c1O. The highest BCUT2D eigenvalue weighted by atomic mass is 16.4. The van der Waals surface area contributed by atoms with Gasteiger partial charge in [0, 0.05) is 6.42 Å². The van der Waals surface area contributed by atoms with E-state index in [4.69, 9.17) is 10.8 Å². The molecule has 0 amide bonds. The van der Waals surface area contributed by atoms with Gasteiger partial charge < -0.3 is 15.9 Å². The molecule has 1 rings (SSSR count). The first-order valence-corrected chi connectivity index (χ1v) is 3.89. The molecule has 4 nitrogen and oxygen atoms in total. The number of aromatic hydroxyl groups is 1. The fourth-order valence-electron chi connectivity index (χ4n) is 1.05. The Bertz CT molecular complexity index is 323. The Kier molecular flexibility index (Phi) is 2.74. The Labute approximate surface area is 75.6 Å². The van der Waals surface area contributed by atoms with Gasteiger partial charge in [0.15, 0.2) is 0 Å². The minimum Gasteiger partial charge on any atom is -0.506 e. The summed E-state index contributed by atoms with van der Waals surface area (Å²) in [6, 6.07) is 4.92. The lowest BCUT2D eigenvalue weighted by molar-refractivity contribution is -0.136. The Morgan fingerprint density at radius 1 is 1.46 bits per heavy atom. The van der Waals surface area contributed by atoms with Crippen molar-refractivity contribution in [2.24, 2.45) is 0 Å². The molecule has 4 heteroatoms. The number of carboxylic acids is 1. The molecular formula is C9H11NO3. The molecule has 0 heterocycles. The summed E-state index contributed by atoms with van der Waals surface area (Å²) in [6.45, 7) is 0. The number of phenols is 1. The Balaban J connectivity index is 2.77. The minimum absolute atomic E-state index is 0.00296. The van der Waals surface area contributed by atoms with E-state index < -0.39 is 5.97 Å². The zero-order chi connectivity index (χ0) is 9.84. The van der Waals surface area contributed by atoms with E-state index in [1.807, 2.05) is 0 Å². The maximum Gasteiger partial charge on any atom is 0.303 e. The summed E-state index contributed by atoms with van der Waals surface area (Å²) in [5.41, 5.74) is 6.28. The number of hydrogen-bond acceptors (Lipinski definition) is 3. The fourth-order valence-corrected chi connectivity index (χ4v) is 1.05. The van der Waals surface area contributed by atoms with Gasteiger partial charge >= 0.3 is 5.97 Å². The van der Waals surface area contributed by atoms with Crippen LogP contribution in [0.4, 0.5) is 5.69 Å². The first-order chi connectivity index (χ1) is 6.11. The number of anilines is 1. The molecule has 0 bridgehead atoms. The van der Waals surface area contributed by atoms with Gasteiger partial charge in [-0.05, 0) is 18.1 Å². The summed E-state index contributed by atoms with van der Waals surface area (Å²) in [7, 11) is 0. The largest absolute Gasteiger partial charge is 0.506 e. The van der Waals surface area contributed by atoms with Gasteiger partial charge in [-0.3, -0.25) is 4.79 Å². The third-order valence-corrected chi connectivity index (χ3v) is 1.76. The molecular weight excluding hydrogens is 170 g/mol. The van der Waals surface area contributed by atoms with Crippen LogP contribution in [0, 0.1) is 0 Å². The van der Waals surface area contributed by atoms with Gasteiger partial charge in [-0.1, -0.05) is 12.1 Å². The zero-order valence-corrected chi connectivity index (χ0v) is 7.03. The molecule has 4 N–H and O–H groups in total. The van der Waals surface area contributed by atoms with Crippen molar-refractivity contribution in [1.82, 2.24) is 0 Å². The van der Waals surface area contributed by atoms with Crippen molar-refractivity contribution in [3.8, 4) is 5.75 Å². The molecule has 0 saturated carbocycles. The number of rotatable bonds is 3. The number of hydrogen-bond donors (Lipinski definition) is 3. The second-order valence-corrected chi connectivity index (χ2v) is 2.75. The van der Waals surface area contributed by atoms with Gasteiger partial charge in [0.05, 0.1) is 5.69 Å². The number of nitrogens with two attached hydrogens (primary N) is 1. The summed E-state index contributed by atoms with van der Waals surface area (Å²) in [6.07, 6.45) is 0.295. The van der Waals surface area contributed by atoms with Crippen LogP contribution in [0.1, 0.15) is 12.0 Å². The highest BCUT2D eigenvalue weighted by molar-refractivity contribution is 5.67. The first kappa shape index (κ1) is 9.38. The molecule has 0 radical (unpaired) electrons. The number of carboxylic acid groups (broad SMARTS) is 1. The van der Waals surface area contributed by atoms with Crippen molar-refractivity contribution < 1.29 is 15.0 Å². The molecule has 0 fully saturated rings. The average molecular weight is 181 g/mol. The molecule has 13 heavy (non-hydrogen) atoms. The van der Waals surface area contributed by atoms with Crippen LogP contribution in [0.25, 0.3) is 0 Å². The van der Waals surface area contributed by atoms with E-state index in [1.54, 1.807) is 18.2 Å². The van der Waals surface area contributed by atoms with E-state index >= 15 is 0 Å². The monoisotopic (exact) mass is 181 g/mol. The molecule has 0 aliphatic heterocycles. The summed E-state index contributed by atoms with van der Waals surface area (Å²) in [5.74, 6) is -0.898. The summed E-state index contributed by atoms with van der Waals surface area (Å²) >= 11 is 0. The maximum atomic E-state index is 10.3. The average Bonchev–Trinajstić information content (AvgIpc) is 2.07. The maximum absolute atomic E-state index is 10.3. The number of aliphatic carboxylic acids is 1. The number of benzene rings is 1. The summed E-state index contributed by atoms with van der Waals surface area (Å²) in [5, 5.41) is 17.8. The van der Waals surface area contributed by atoms with E-state index in [1.165, 1.54) is 0 Å². The molecule has 0 spiro atoms. The van der Waals surface area contributed by atoms with Crippen molar-refractivity contribution >= 4 is 11.7 Å². The van der Waals surface area contributed by atoms with E-state index in [2.05, 4.69) is 0 Å². The van der Waals surface area contributed by atoms with Crippen molar-refractivity contribution in [3.63, 3.8) is 0 Å². The molecule has 70 valence electrons. The standard InChI is InChI=1S/C9H11NO3/c10-7-3-1-2-6(9(7)13)4-5-8(11)12/h1-3,13H,4-5,10H2,(H,11,12). The highest BCUT2D eigenvalue weighted by Crippen LogP contribution is 2.25. The Morgan fingerprint density at radius 3 is 2.77 bits per heavy atom. The molecule has 1 aromatic carbocycles. The highest BCUT2D eigenvalue weighted by Gasteiger charge is 2.05. The Morgan fingerprint density at radius 2 is 2.15 bits per heavy atom. The van der Waals surface area contributed by atoms with E-state index in [-0.39, 0.29) is 17.9 Å². The van der Waals surface area contributed by atoms with Crippen LogP contribution in [0.3, 0.4) is 0 Å². The van der Waals surface area contributed by atoms with E-state index in [0.717, 1.165) is 0 Å². The molecule has 0 unspecified atom stereocenters. The Hall–Kier alpha value is -1.71. The van der Waals surface area contributed by atoms with Crippen LogP contribution in [-0.4, -0.2) is 16.2 Å². The number of carbonyl (C=O) groups is 1. The lowest BCUT2D eigenvalue weighted by Gasteiger charge is -2.04. The topological polar surface area (TPSA) is 83.6 Å². The van der Waals surface area contributed by atoms with Crippen LogP contribution < -0.4 is 5.73 Å². The second kappa shape index (κ2) is 3.80. The normalized spacial score (nSPS) is 9.85. The molecule has 0 saturated heterocycles. The summed E-state index contributed by atoms with van der Waals surface area (Å²) < 4.78 is 0. The third-order valence-electron chi connectivity index (χ3n) is 1.76.